The number of thiazole rings is 1. The molecule has 0 spiro atoms. The van der Waals surface area contributed by atoms with Gasteiger partial charge in [0.15, 0.2) is 0 Å². The van der Waals surface area contributed by atoms with E-state index >= 15 is 0 Å². The van der Waals surface area contributed by atoms with Crippen LogP contribution in [0, 0.1) is 0 Å². The molecule has 18 heavy (non-hydrogen) atoms. The van der Waals surface area contributed by atoms with Gasteiger partial charge in [-0.25, -0.2) is 4.98 Å². The van der Waals surface area contributed by atoms with Gasteiger partial charge in [0, 0.05) is 22.0 Å². The second-order valence-electron chi connectivity index (χ2n) is 3.54. The van der Waals surface area contributed by atoms with E-state index in [4.69, 9.17) is 5.73 Å². The lowest BCUT2D eigenvalue weighted by molar-refractivity contribution is -0.137. The summed E-state index contributed by atoms with van der Waals surface area (Å²) in [5.41, 5.74) is 5.37. The molecule has 2 N–H and O–H groups in total. The van der Waals surface area contributed by atoms with E-state index in [1.54, 1.807) is 11.4 Å². The topological polar surface area (TPSA) is 38.9 Å². The number of hydrogen-bond acceptors (Lipinski definition) is 3. The molecule has 0 fully saturated rings. The van der Waals surface area contributed by atoms with E-state index < -0.39 is 11.7 Å². The van der Waals surface area contributed by atoms with Gasteiger partial charge in [0.2, 0.25) is 0 Å². The van der Waals surface area contributed by atoms with Crippen molar-refractivity contribution in [3.05, 3.63) is 39.3 Å². The molecule has 0 aliphatic heterocycles. The molecule has 96 valence electrons. The van der Waals surface area contributed by atoms with Gasteiger partial charge in [-0.2, -0.15) is 13.2 Å². The maximum Gasteiger partial charge on any atom is 0.417 e. The van der Waals surface area contributed by atoms with Crippen LogP contribution in [0.5, 0.6) is 0 Å². The lowest BCUT2D eigenvalue weighted by Crippen LogP contribution is -2.07. The average molecular weight is 337 g/mol. The van der Waals surface area contributed by atoms with Gasteiger partial charge in [-0.1, -0.05) is 22.0 Å². The molecule has 0 aliphatic rings. The number of nitrogens with zero attached hydrogens (tertiary/aromatic N) is 1. The van der Waals surface area contributed by atoms with E-state index in [1.165, 1.54) is 6.07 Å². The number of halogens is 4. The third kappa shape index (κ3) is 2.73. The Kier molecular flexibility index (Phi) is 3.74. The van der Waals surface area contributed by atoms with E-state index in [1.807, 2.05) is 0 Å². The summed E-state index contributed by atoms with van der Waals surface area (Å²) in [5, 5.41) is 1.99. The Morgan fingerprint density at radius 2 is 2.06 bits per heavy atom. The minimum absolute atomic E-state index is 0.0791. The highest BCUT2D eigenvalue weighted by Gasteiger charge is 2.34. The molecule has 0 unspecified atom stereocenters. The maximum absolute atomic E-state index is 12.9. The van der Waals surface area contributed by atoms with Crippen LogP contribution in [0.2, 0.25) is 0 Å². The molecule has 0 saturated heterocycles. The van der Waals surface area contributed by atoms with Crippen LogP contribution in [0.4, 0.5) is 13.2 Å². The van der Waals surface area contributed by atoms with Crippen molar-refractivity contribution in [2.75, 3.05) is 0 Å². The van der Waals surface area contributed by atoms with Gasteiger partial charge in [-0.15, -0.1) is 11.3 Å². The van der Waals surface area contributed by atoms with Crippen molar-refractivity contribution in [3.63, 3.8) is 0 Å². The van der Waals surface area contributed by atoms with Crippen molar-refractivity contribution in [2.45, 2.75) is 12.7 Å². The third-order valence-corrected chi connectivity index (χ3v) is 3.70. The average Bonchev–Trinajstić information content (AvgIpc) is 2.76. The van der Waals surface area contributed by atoms with Crippen LogP contribution in [0.15, 0.2) is 28.1 Å². The second kappa shape index (κ2) is 4.99. The Labute approximate surface area is 114 Å². The Morgan fingerprint density at radius 3 is 2.61 bits per heavy atom. The smallest absolute Gasteiger partial charge is 0.325 e. The number of rotatable bonds is 2. The quantitative estimate of drug-likeness (QED) is 0.898. The molecule has 2 nitrogen and oxygen atoms in total. The monoisotopic (exact) mass is 336 g/mol. The first-order valence-electron chi connectivity index (χ1n) is 4.93. The van der Waals surface area contributed by atoms with Crippen molar-refractivity contribution < 1.29 is 13.2 Å². The zero-order valence-corrected chi connectivity index (χ0v) is 11.4. The van der Waals surface area contributed by atoms with Gasteiger partial charge in [-0.05, 0) is 12.1 Å². The number of alkyl halides is 3. The van der Waals surface area contributed by atoms with Gasteiger partial charge >= 0.3 is 6.18 Å². The third-order valence-electron chi connectivity index (χ3n) is 2.28. The summed E-state index contributed by atoms with van der Waals surface area (Å²) in [6.07, 6.45) is -4.41. The fourth-order valence-corrected chi connectivity index (χ4v) is 2.69. The molecule has 0 bridgehead atoms. The zero-order valence-electron chi connectivity index (χ0n) is 8.96. The van der Waals surface area contributed by atoms with Crippen molar-refractivity contribution in [2.24, 2.45) is 5.73 Å². The van der Waals surface area contributed by atoms with Gasteiger partial charge in [-0.3, -0.25) is 0 Å². The molecule has 0 saturated carbocycles. The summed E-state index contributed by atoms with van der Waals surface area (Å²) in [6, 6.07) is 4.03. The maximum atomic E-state index is 12.9. The van der Waals surface area contributed by atoms with E-state index in [0.29, 0.717) is 15.2 Å². The fraction of sp³-hybridized carbons (Fsp3) is 0.182. The lowest BCUT2D eigenvalue weighted by Gasteiger charge is -2.11. The molecule has 2 rings (SSSR count). The Balaban J connectivity index is 2.56. The van der Waals surface area contributed by atoms with Gasteiger partial charge in [0.1, 0.15) is 5.01 Å². The highest BCUT2D eigenvalue weighted by molar-refractivity contribution is 9.10. The van der Waals surface area contributed by atoms with E-state index in [0.717, 1.165) is 17.4 Å². The largest absolute Gasteiger partial charge is 0.417 e. The first-order valence-corrected chi connectivity index (χ1v) is 6.60. The normalized spacial score (nSPS) is 11.8. The van der Waals surface area contributed by atoms with Crippen LogP contribution in [-0.4, -0.2) is 4.98 Å². The molecule has 0 radical (unpaired) electrons. The predicted octanol–water partition coefficient (Wildman–Crippen LogP) is 4.05. The fourth-order valence-electron chi connectivity index (χ4n) is 1.46. The van der Waals surface area contributed by atoms with Crippen LogP contribution in [0.25, 0.3) is 10.6 Å². The van der Waals surface area contributed by atoms with E-state index in [9.17, 15) is 13.2 Å². The molecule has 1 aromatic heterocycles. The summed E-state index contributed by atoms with van der Waals surface area (Å²) >= 11 is 4.20. The van der Waals surface area contributed by atoms with Crippen molar-refractivity contribution in [1.82, 2.24) is 4.98 Å². The van der Waals surface area contributed by atoms with Crippen molar-refractivity contribution in [3.8, 4) is 10.6 Å². The molecule has 0 atom stereocenters. The molecule has 0 amide bonds. The molecule has 7 heteroatoms. The summed E-state index contributed by atoms with van der Waals surface area (Å²) in [4.78, 5) is 4.08. The molecule has 0 aliphatic carbocycles. The summed E-state index contributed by atoms with van der Waals surface area (Å²) < 4.78 is 39.2. The second-order valence-corrected chi connectivity index (χ2v) is 5.31. The minimum Gasteiger partial charge on any atom is -0.325 e. The van der Waals surface area contributed by atoms with Crippen LogP contribution < -0.4 is 5.73 Å². The summed E-state index contributed by atoms with van der Waals surface area (Å²) in [7, 11) is 0. The first-order chi connectivity index (χ1) is 8.41. The standard InChI is InChI=1S/C11H8BrF3N2S/c12-6-1-2-8(9(3-6)11(13,14)15)10-17-7(4-16)5-18-10/h1-3,5H,4,16H2. The van der Waals surface area contributed by atoms with Gasteiger partial charge < -0.3 is 5.73 Å². The highest BCUT2D eigenvalue weighted by Crippen LogP contribution is 2.39. The molecule has 1 aromatic carbocycles. The van der Waals surface area contributed by atoms with Gasteiger partial charge in [0.25, 0.3) is 0 Å². The Morgan fingerprint density at radius 1 is 1.33 bits per heavy atom. The minimum atomic E-state index is -4.41. The number of hydrogen-bond donors (Lipinski definition) is 1. The Hall–Kier alpha value is -0.920. The predicted molar refractivity (Wildman–Crippen MR) is 68.1 cm³/mol. The van der Waals surface area contributed by atoms with Crippen LogP contribution in [0.1, 0.15) is 11.3 Å². The summed E-state index contributed by atoms with van der Waals surface area (Å²) in [6.45, 7) is 0.217. The van der Waals surface area contributed by atoms with Crippen LogP contribution in [0.3, 0.4) is 0 Å². The van der Waals surface area contributed by atoms with Crippen molar-refractivity contribution in [1.29, 1.82) is 0 Å². The first kappa shape index (κ1) is 13.5. The molecular formula is C11H8BrF3N2S. The van der Waals surface area contributed by atoms with Gasteiger partial charge in [0.05, 0.1) is 11.3 Å². The van der Waals surface area contributed by atoms with E-state index in [2.05, 4.69) is 20.9 Å². The molecule has 1 heterocycles. The number of nitrogens with two attached hydrogens (primary N) is 1. The van der Waals surface area contributed by atoms with Crippen LogP contribution >= 0.6 is 27.3 Å². The zero-order chi connectivity index (χ0) is 13.3. The molecule has 2 aromatic rings. The van der Waals surface area contributed by atoms with E-state index in [-0.39, 0.29) is 12.1 Å². The number of aromatic nitrogens is 1. The molecular weight excluding hydrogens is 329 g/mol. The van der Waals surface area contributed by atoms with Crippen LogP contribution in [-0.2, 0) is 12.7 Å². The van der Waals surface area contributed by atoms with Crippen molar-refractivity contribution >= 4 is 27.3 Å². The number of benzene rings is 1. The summed E-state index contributed by atoms with van der Waals surface area (Å²) in [5.74, 6) is 0. The highest BCUT2D eigenvalue weighted by atomic mass is 79.9. The Bertz CT molecular complexity index is 566. The SMILES string of the molecule is NCc1csc(-c2ccc(Br)cc2C(F)(F)F)n1. The lowest BCUT2D eigenvalue weighted by atomic mass is 10.1.